The van der Waals surface area contributed by atoms with Crippen LogP contribution in [0.15, 0.2) is 24.3 Å². The molecule has 1 nitrogen and oxygen atoms in total. The van der Waals surface area contributed by atoms with Crippen molar-refractivity contribution in [2.24, 2.45) is 99.1 Å². The molecule has 1 aromatic carbocycles. The Labute approximate surface area is 448 Å². The van der Waals surface area contributed by atoms with Gasteiger partial charge in [-0.25, -0.2) is 0 Å². The molecule has 0 aromatic heterocycles. The second-order valence-corrected chi connectivity index (χ2v) is 31.3. The first kappa shape index (κ1) is 75.7. The minimum Gasteiger partial charge on any atom is -0.381 e. The maximum Gasteiger partial charge on any atom is 0.0502 e. The molecule has 0 bridgehead atoms. The lowest BCUT2D eigenvalue weighted by Crippen LogP contribution is -2.31. The van der Waals surface area contributed by atoms with Crippen LogP contribution in [0, 0.1) is 99.1 Å². The average Bonchev–Trinajstić information content (AvgIpc) is 3.80. The van der Waals surface area contributed by atoms with Crippen molar-refractivity contribution < 1.29 is 4.74 Å². The zero-order valence-corrected chi connectivity index (χ0v) is 55.0. The number of ether oxygens (including phenoxy) is 1. The molecule has 2 saturated carbocycles. The van der Waals surface area contributed by atoms with Gasteiger partial charge in [0.25, 0.3) is 0 Å². The van der Waals surface area contributed by atoms with E-state index < -0.39 is 0 Å². The number of benzene rings is 1. The minimum absolute atomic E-state index is 0.269. The Balaban J connectivity index is -0.000000376. The second-order valence-electron chi connectivity index (χ2n) is 31.3. The molecule has 1 heterocycles. The summed E-state index contributed by atoms with van der Waals surface area (Å²) in [6, 6.07) is 8.82. The largest absolute Gasteiger partial charge is 0.381 e. The van der Waals surface area contributed by atoms with Crippen LogP contribution in [-0.4, -0.2) is 13.2 Å². The fourth-order valence-corrected chi connectivity index (χ4v) is 10.6. The van der Waals surface area contributed by atoms with Crippen molar-refractivity contribution in [3.63, 3.8) is 0 Å². The zero-order valence-electron chi connectivity index (χ0n) is 55.0. The van der Waals surface area contributed by atoms with Gasteiger partial charge < -0.3 is 4.74 Å². The van der Waals surface area contributed by atoms with E-state index in [1.807, 2.05) is 0 Å². The van der Waals surface area contributed by atoms with E-state index in [0.29, 0.717) is 16.2 Å². The number of rotatable bonds is 8. The van der Waals surface area contributed by atoms with Crippen LogP contribution in [0.2, 0.25) is 0 Å². The molecule has 0 amide bonds. The van der Waals surface area contributed by atoms with Crippen molar-refractivity contribution in [1.29, 1.82) is 0 Å². The molecule has 1 aliphatic heterocycles. The molecule has 3 aliphatic rings. The van der Waals surface area contributed by atoms with E-state index >= 15 is 0 Å². The molecule has 0 N–H and O–H groups in total. The van der Waals surface area contributed by atoms with Gasteiger partial charge in [-0.05, 0) is 154 Å². The van der Waals surface area contributed by atoms with Gasteiger partial charge in [-0.15, -0.1) is 0 Å². The Morgan fingerprint density at radius 2 is 0.700 bits per heavy atom. The van der Waals surface area contributed by atoms with Gasteiger partial charge in [-0.3, -0.25) is 0 Å². The summed E-state index contributed by atoms with van der Waals surface area (Å²) in [6.45, 7) is 74.9. The van der Waals surface area contributed by atoms with Gasteiger partial charge in [0, 0.05) is 6.61 Å². The summed E-state index contributed by atoms with van der Waals surface area (Å²) in [4.78, 5) is 0. The fraction of sp³-hybridized carbons (Fsp3) is 0.913. The van der Waals surface area contributed by atoms with Gasteiger partial charge in [0.05, 0.1) is 6.61 Å². The summed E-state index contributed by atoms with van der Waals surface area (Å²) in [5, 5.41) is 0. The molecular formula is C69H140O. The summed E-state index contributed by atoms with van der Waals surface area (Å²) in [5.74, 6) is 12.2. The Morgan fingerprint density at radius 1 is 0.386 bits per heavy atom. The fourth-order valence-electron chi connectivity index (χ4n) is 10.6. The van der Waals surface area contributed by atoms with Gasteiger partial charge in [0.2, 0.25) is 0 Å². The SMILES string of the molecule is CC(C)C.CC(C)C.CC(C)C.CC(C)C.CC(C)CC1CCCC1C(C)(C)C.CC(C)CC1CCCCC1C(C)(C)C.CC(C)CC1COCC1C(C)(C)C.CC(C)Cc1ccccc1C(C)(C)C. The minimum atomic E-state index is 0.269. The first-order chi connectivity index (χ1) is 31.6. The quantitative estimate of drug-likeness (QED) is 0.252. The third kappa shape index (κ3) is 44.6. The monoisotopic (exact) mass is 985 g/mol. The molecule has 1 saturated heterocycles. The molecule has 1 aromatic rings. The lowest BCUT2D eigenvalue weighted by atomic mass is 9.64. The van der Waals surface area contributed by atoms with Gasteiger partial charge >= 0.3 is 0 Å². The third-order valence-electron chi connectivity index (χ3n) is 12.9. The van der Waals surface area contributed by atoms with Crippen LogP contribution < -0.4 is 0 Å². The summed E-state index contributed by atoms with van der Waals surface area (Å²) in [6.07, 6.45) is 15.7. The highest BCUT2D eigenvalue weighted by Crippen LogP contribution is 2.46. The van der Waals surface area contributed by atoms with Crippen molar-refractivity contribution in [2.45, 2.75) is 298 Å². The molecule has 2 aliphatic carbocycles. The van der Waals surface area contributed by atoms with Crippen LogP contribution in [0.1, 0.15) is 297 Å². The average molecular weight is 986 g/mol. The van der Waals surface area contributed by atoms with Crippen LogP contribution in [0.25, 0.3) is 0 Å². The molecular weight excluding hydrogens is 845 g/mol. The van der Waals surface area contributed by atoms with Gasteiger partial charge in [0.1, 0.15) is 0 Å². The van der Waals surface area contributed by atoms with Crippen molar-refractivity contribution >= 4 is 0 Å². The lowest BCUT2D eigenvalue weighted by Gasteiger charge is -2.41. The molecule has 1 heteroatoms. The normalized spacial score (nSPS) is 21.5. The third-order valence-corrected chi connectivity index (χ3v) is 12.9. The molecule has 70 heavy (non-hydrogen) atoms. The Bertz CT molecular complexity index is 1220. The van der Waals surface area contributed by atoms with E-state index in [0.717, 1.165) is 96.1 Å². The van der Waals surface area contributed by atoms with Crippen LogP contribution in [-0.2, 0) is 16.6 Å². The van der Waals surface area contributed by atoms with Gasteiger partial charge in [-0.2, -0.15) is 0 Å². The van der Waals surface area contributed by atoms with Gasteiger partial charge in [-0.1, -0.05) is 278 Å². The standard InChI is InChI=1S/C14H28.C14H22.C13H26.C12H24O.4C4H10/c2*1-11(2)10-12-8-6-7-9-13(12)14(3,4)5;1-10(2)9-11-7-6-8-12(11)13(3,4)5;1-9(2)6-10-7-13-8-11(10)12(3,4)5;4*1-4(2)3/h11-13H,6-10H2,1-5H3;6-9,11H,10H2,1-5H3;10-12H,6-9H2,1-5H3;9-11H,6-8H2,1-5H3;4*4H,1-3H3. The van der Waals surface area contributed by atoms with Crippen molar-refractivity contribution in [2.75, 3.05) is 13.2 Å². The molecule has 6 atom stereocenters. The highest BCUT2D eigenvalue weighted by Gasteiger charge is 2.38. The van der Waals surface area contributed by atoms with Crippen LogP contribution in [0.4, 0.5) is 0 Å². The Kier molecular flexibility index (Phi) is 41.8. The number of hydrogen-bond donors (Lipinski definition) is 0. The zero-order chi connectivity index (χ0) is 56.0. The van der Waals surface area contributed by atoms with Crippen LogP contribution in [0.5, 0.6) is 0 Å². The summed E-state index contributed by atoms with van der Waals surface area (Å²) in [7, 11) is 0. The maximum atomic E-state index is 5.60. The van der Waals surface area contributed by atoms with E-state index in [-0.39, 0.29) is 5.41 Å². The first-order valence-electron chi connectivity index (χ1n) is 30.2. The summed E-state index contributed by atoms with van der Waals surface area (Å²) < 4.78 is 5.60. The predicted octanol–water partition coefficient (Wildman–Crippen LogP) is 23.6. The highest BCUT2D eigenvalue weighted by molar-refractivity contribution is 5.33. The smallest absolute Gasteiger partial charge is 0.0502 e. The molecule has 422 valence electrons. The molecule has 3 fully saturated rings. The summed E-state index contributed by atoms with van der Waals surface area (Å²) in [5.41, 5.74) is 4.75. The van der Waals surface area contributed by atoms with E-state index in [2.05, 4.69) is 246 Å². The molecule has 0 spiro atoms. The maximum absolute atomic E-state index is 5.60. The van der Waals surface area contributed by atoms with Crippen LogP contribution >= 0.6 is 0 Å². The van der Waals surface area contributed by atoms with Crippen molar-refractivity contribution in [3.05, 3.63) is 35.4 Å². The van der Waals surface area contributed by atoms with E-state index in [9.17, 15) is 0 Å². The first-order valence-corrected chi connectivity index (χ1v) is 30.2. The Morgan fingerprint density at radius 3 is 1.03 bits per heavy atom. The number of hydrogen-bond acceptors (Lipinski definition) is 1. The van der Waals surface area contributed by atoms with E-state index in [1.165, 1.54) is 81.8 Å². The van der Waals surface area contributed by atoms with E-state index in [4.69, 9.17) is 4.74 Å². The lowest BCUT2D eigenvalue weighted by molar-refractivity contribution is 0.0928. The van der Waals surface area contributed by atoms with Gasteiger partial charge in [0.15, 0.2) is 0 Å². The molecule has 4 rings (SSSR count). The Hall–Kier alpha value is -0.820. The van der Waals surface area contributed by atoms with E-state index in [1.54, 1.807) is 0 Å². The highest BCUT2D eigenvalue weighted by atomic mass is 16.5. The second kappa shape index (κ2) is 38.7. The molecule has 6 unspecified atom stereocenters. The predicted molar refractivity (Wildman–Crippen MR) is 327 cm³/mol. The topological polar surface area (TPSA) is 9.23 Å². The molecule has 0 radical (unpaired) electrons. The summed E-state index contributed by atoms with van der Waals surface area (Å²) >= 11 is 0. The van der Waals surface area contributed by atoms with Crippen LogP contribution in [0.3, 0.4) is 0 Å². The van der Waals surface area contributed by atoms with Crippen molar-refractivity contribution in [1.82, 2.24) is 0 Å². The van der Waals surface area contributed by atoms with Crippen molar-refractivity contribution in [3.8, 4) is 0 Å².